The molecule has 0 aliphatic carbocycles. The molecule has 0 aromatic rings. The van der Waals surface area contributed by atoms with Crippen LogP contribution in [-0.2, 0) is 14.3 Å². The third-order valence-electron chi connectivity index (χ3n) is 1.98. The van der Waals surface area contributed by atoms with Crippen LogP contribution in [0.3, 0.4) is 0 Å². The summed E-state index contributed by atoms with van der Waals surface area (Å²) in [4.78, 5) is 10.9. The van der Waals surface area contributed by atoms with E-state index in [0.29, 0.717) is 18.8 Å². The molecule has 0 unspecified atom stereocenters. The minimum atomic E-state index is -0.876. The Balaban J connectivity index is 2.75. The van der Waals surface area contributed by atoms with Gasteiger partial charge in [0.05, 0.1) is 13.2 Å². The van der Waals surface area contributed by atoms with E-state index in [0.717, 1.165) is 5.57 Å². The second-order valence-electron chi connectivity index (χ2n) is 3.28. The summed E-state index contributed by atoms with van der Waals surface area (Å²) in [5, 5.41) is 8.93. The summed E-state index contributed by atoms with van der Waals surface area (Å²) in [7, 11) is 0. The van der Waals surface area contributed by atoms with E-state index in [1.165, 1.54) is 0 Å². The Morgan fingerprint density at radius 2 is 1.85 bits per heavy atom. The minimum absolute atomic E-state index is 0.128. The number of carboxylic acid groups (broad SMARTS) is 1. The van der Waals surface area contributed by atoms with Crippen LogP contribution in [-0.4, -0.2) is 31.1 Å². The lowest BCUT2D eigenvalue weighted by Gasteiger charge is -2.23. The molecule has 1 N–H and O–H groups in total. The molecule has 74 valence electrons. The molecule has 1 rings (SSSR count). The molecule has 1 saturated heterocycles. The average molecular weight is 186 g/mol. The topological polar surface area (TPSA) is 55.8 Å². The largest absolute Gasteiger partial charge is 0.478 e. The smallest absolute Gasteiger partial charge is 0.331 e. The Hall–Kier alpha value is -0.870. The van der Waals surface area contributed by atoms with Crippen molar-refractivity contribution < 1.29 is 19.4 Å². The van der Waals surface area contributed by atoms with Crippen LogP contribution in [0.4, 0.5) is 0 Å². The second-order valence-corrected chi connectivity index (χ2v) is 3.28. The number of carboxylic acids is 1. The molecule has 1 aliphatic heterocycles. The summed E-state index contributed by atoms with van der Waals surface area (Å²) in [6.45, 7) is 4.72. The number of aliphatic carboxylic acids is 1. The number of rotatable bonds is 2. The van der Waals surface area contributed by atoms with Gasteiger partial charge in [0.15, 0.2) is 0 Å². The van der Waals surface area contributed by atoms with Crippen molar-refractivity contribution in [1.29, 1.82) is 0 Å². The number of carbonyl (C=O) groups is 1. The first-order chi connectivity index (χ1) is 6.13. The molecule has 0 aromatic carbocycles. The van der Waals surface area contributed by atoms with E-state index in [1.54, 1.807) is 13.8 Å². The van der Waals surface area contributed by atoms with Gasteiger partial charge in [0.2, 0.25) is 0 Å². The Bertz CT molecular complexity index is 222. The minimum Gasteiger partial charge on any atom is -0.478 e. The molecule has 0 atom stereocenters. The highest BCUT2D eigenvalue weighted by molar-refractivity contribution is 5.88. The van der Waals surface area contributed by atoms with Gasteiger partial charge in [-0.15, -0.1) is 0 Å². The zero-order valence-corrected chi connectivity index (χ0v) is 7.87. The Labute approximate surface area is 77.1 Å². The highest BCUT2D eigenvalue weighted by Gasteiger charge is 2.24. The van der Waals surface area contributed by atoms with Gasteiger partial charge in [0.1, 0.15) is 6.79 Å². The Kier molecular flexibility index (Phi) is 3.45. The molecular formula is C9H14O4. The molecule has 0 bridgehead atoms. The van der Waals surface area contributed by atoms with Gasteiger partial charge in [-0.25, -0.2) is 4.79 Å². The molecule has 1 fully saturated rings. The average Bonchev–Trinajstić information content (AvgIpc) is 2.04. The fraction of sp³-hybridized carbons (Fsp3) is 0.667. The molecular weight excluding hydrogens is 172 g/mol. The fourth-order valence-electron chi connectivity index (χ4n) is 1.45. The van der Waals surface area contributed by atoms with Gasteiger partial charge in [-0.2, -0.15) is 0 Å². The predicted octanol–water partition coefficient (Wildman–Crippen LogP) is 1.03. The first-order valence-electron chi connectivity index (χ1n) is 4.19. The van der Waals surface area contributed by atoms with Gasteiger partial charge >= 0.3 is 5.97 Å². The van der Waals surface area contributed by atoms with E-state index in [2.05, 4.69) is 0 Å². The molecule has 13 heavy (non-hydrogen) atoms. The number of ether oxygens (including phenoxy) is 2. The first kappa shape index (κ1) is 10.2. The fourth-order valence-corrected chi connectivity index (χ4v) is 1.45. The number of hydrogen-bond donors (Lipinski definition) is 1. The van der Waals surface area contributed by atoms with E-state index in [4.69, 9.17) is 14.6 Å². The first-order valence-corrected chi connectivity index (χ1v) is 4.19. The summed E-state index contributed by atoms with van der Waals surface area (Å²) in [6.07, 6.45) is 0. The van der Waals surface area contributed by atoms with Crippen LogP contribution >= 0.6 is 0 Å². The van der Waals surface area contributed by atoms with Gasteiger partial charge < -0.3 is 14.6 Å². The van der Waals surface area contributed by atoms with Crippen molar-refractivity contribution in [3.05, 3.63) is 11.1 Å². The van der Waals surface area contributed by atoms with Crippen LogP contribution < -0.4 is 0 Å². The summed E-state index contributed by atoms with van der Waals surface area (Å²) in [5.74, 6) is -1.00. The third-order valence-corrected chi connectivity index (χ3v) is 1.98. The summed E-state index contributed by atoms with van der Waals surface area (Å²) in [6, 6.07) is 0. The SMILES string of the molecule is CC(C)=C(C(=O)O)C1COCOC1. The van der Waals surface area contributed by atoms with Crippen molar-refractivity contribution in [3.8, 4) is 0 Å². The van der Waals surface area contributed by atoms with Crippen molar-refractivity contribution in [1.82, 2.24) is 0 Å². The van der Waals surface area contributed by atoms with Gasteiger partial charge in [0, 0.05) is 11.5 Å². The van der Waals surface area contributed by atoms with Gasteiger partial charge in [0.25, 0.3) is 0 Å². The molecule has 1 aliphatic rings. The monoisotopic (exact) mass is 186 g/mol. The zero-order chi connectivity index (χ0) is 9.84. The molecule has 1 heterocycles. The highest BCUT2D eigenvalue weighted by Crippen LogP contribution is 2.19. The molecule has 0 radical (unpaired) electrons. The maximum atomic E-state index is 10.9. The van der Waals surface area contributed by atoms with Crippen molar-refractivity contribution in [3.63, 3.8) is 0 Å². The van der Waals surface area contributed by atoms with E-state index in [-0.39, 0.29) is 12.7 Å². The van der Waals surface area contributed by atoms with Crippen LogP contribution in [0.1, 0.15) is 13.8 Å². The van der Waals surface area contributed by atoms with Crippen LogP contribution in [0.2, 0.25) is 0 Å². The highest BCUT2D eigenvalue weighted by atomic mass is 16.7. The molecule has 0 amide bonds. The van der Waals surface area contributed by atoms with Crippen LogP contribution in [0.5, 0.6) is 0 Å². The normalized spacial score (nSPS) is 18.3. The lowest BCUT2D eigenvalue weighted by Crippen LogP contribution is -2.29. The van der Waals surface area contributed by atoms with E-state index in [1.807, 2.05) is 0 Å². The summed E-state index contributed by atoms with van der Waals surface area (Å²) in [5.41, 5.74) is 1.23. The lowest BCUT2D eigenvalue weighted by molar-refractivity contribution is -0.140. The second kappa shape index (κ2) is 4.39. The predicted molar refractivity (Wildman–Crippen MR) is 46.3 cm³/mol. The molecule has 0 spiro atoms. The van der Waals surface area contributed by atoms with E-state index < -0.39 is 5.97 Å². The molecule has 0 saturated carbocycles. The molecule has 4 heteroatoms. The van der Waals surface area contributed by atoms with Crippen LogP contribution in [0.15, 0.2) is 11.1 Å². The van der Waals surface area contributed by atoms with E-state index in [9.17, 15) is 4.79 Å². The molecule has 0 aromatic heterocycles. The van der Waals surface area contributed by atoms with E-state index >= 15 is 0 Å². The Morgan fingerprint density at radius 1 is 1.31 bits per heavy atom. The number of allylic oxidation sites excluding steroid dienone is 1. The lowest BCUT2D eigenvalue weighted by atomic mass is 9.96. The standard InChI is InChI=1S/C9H14O4/c1-6(2)8(9(10)11)7-3-12-5-13-4-7/h7H,3-5H2,1-2H3,(H,10,11). The maximum absolute atomic E-state index is 10.9. The Morgan fingerprint density at radius 3 is 2.23 bits per heavy atom. The van der Waals surface area contributed by atoms with Crippen LogP contribution in [0.25, 0.3) is 0 Å². The molecule has 4 nitrogen and oxygen atoms in total. The van der Waals surface area contributed by atoms with Gasteiger partial charge in [-0.3, -0.25) is 0 Å². The quantitative estimate of drug-likeness (QED) is 0.654. The number of hydrogen-bond acceptors (Lipinski definition) is 3. The zero-order valence-electron chi connectivity index (χ0n) is 7.87. The van der Waals surface area contributed by atoms with Crippen molar-refractivity contribution >= 4 is 5.97 Å². The van der Waals surface area contributed by atoms with Gasteiger partial charge in [-0.05, 0) is 13.8 Å². The summed E-state index contributed by atoms with van der Waals surface area (Å²) < 4.78 is 10.1. The van der Waals surface area contributed by atoms with Crippen molar-refractivity contribution in [2.75, 3.05) is 20.0 Å². The summed E-state index contributed by atoms with van der Waals surface area (Å²) >= 11 is 0. The van der Waals surface area contributed by atoms with Crippen molar-refractivity contribution in [2.45, 2.75) is 13.8 Å². The maximum Gasteiger partial charge on any atom is 0.331 e. The van der Waals surface area contributed by atoms with Gasteiger partial charge in [-0.1, -0.05) is 5.57 Å². The van der Waals surface area contributed by atoms with Crippen LogP contribution in [0, 0.1) is 5.92 Å². The van der Waals surface area contributed by atoms with Crippen molar-refractivity contribution in [2.24, 2.45) is 5.92 Å². The third kappa shape index (κ3) is 2.54.